The zero-order valence-corrected chi connectivity index (χ0v) is 17.0. The van der Waals surface area contributed by atoms with E-state index in [1.54, 1.807) is 31.4 Å². The number of nitrogens with one attached hydrogen (secondary N) is 2. The molecule has 0 radical (unpaired) electrons. The molecule has 0 spiro atoms. The van der Waals surface area contributed by atoms with E-state index in [9.17, 15) is 9.59 Å². The third kappa shape index (κ3) is 5.81. The van der Waals surface area contributed by atoms with Crippen molar-refractivity contribution >= 4 is 17.5 Å². The topological polar surface area (TPSA) is 76.7 Å². The third-order valence-corrected chi connectivity index (χ3v) is 5.06. The molecule has 2 N–H and O–H groups in total. The van der Waals surface area contributed by atoms with Gasteiger partial charge in [-0.2, -0.15) is 0 Å². The van der Waals surface area contributed by atoms with E-state index < -0.39 is 0 Å². The zero-order chi connectivity index (χ0) is 20.6. The van der Waals surface area contributed by atoms with E-state index in [1.165, 1.54) is 0 Å². The van der Waals surface area contributed by atoms with Crippen LogP contribution >= 0.6 is 0 Å². The number of anilines is 1. The highest BCUT2D eigenvalue weighted by molar-refractivity contribution is 6.03. The van der Waals surface area contributed by atoms with Crippen molar-refractivity contribution < 1.29 is 19.1 Å². The Bertz CT molecular complexity index is 860. The summed E-state index contributed by atoms with van der Waals surface area (Å²) >= 11 is 0. The number of rotatable bonds is 8. The Morgan fingerprint density at radius 3 is 2.76 bits per heavy atom. The first kappa shape index (κ1) is 20.9. The molecule has 2 aromatic carbocycles. The van der Waals surface area contributed by atoms with Crippen molar-refractivity contribution in [2.45, 2.75) is 38.7 Å². The van der Waals surface area contributed by atoms with Gasteiger partial charge in [0.25, 0.3) is 5.91 Å². The number of amides is 2. The Kier molecular flexibility index (Phi) is 7.25. The lowest BCUT2D eigenvalue weighted by atomic mass is 10.1. The van der Waals surface area contributed by atoms with Gasteiger partial charge in [0.15, 0.2) is 0 Å². The maximum atomic E-state index is 12.6. The van der Waals surface area contributed by atoms with Crippen molar-refractivity contribution in [1.29, 1.82) is 0 Å². The lowest BCUT2D eigenvalue weighted by Gasteiger charge is -2.14. The van der Waals surface area contributed by atoms with Gasteiger partial charge in [-0.15, -0.1) is 0 Å². The smallest absolute Gasteiger partial charge is 0.253 e. The Morgan fingerprint density at radius 2 is 2.03 bits per heavy atom. The quantitative estimate of drug-likeness (QED) is 0.716. The largest absolute Gasteiger partial charge is 0.496 e. The Hall–Kier alpha value is -2.86. The maximum absolute atomic E-state index is 12.6. The molecule has 154 valence electrons. The molecule has 1 aliphatic rings. The van der Waals surface area contributed by atoms with Crippen LogP contribution in [0.1, 0.15) is 40.7 Å². The van der Waals surface area contributed by atoms with Crippen LogP contribution in [0.2, 0.25) is 0 Å². The van der Waals surface area contributed by atoms with Gasteiger partial charge >= 0.3 is 0 Å². The fourth-order valence-corrected chi connectivity index (χ4v) is 3.46. The molecular formula is C23H28N2O4. The number of ether oxygens (including phenoxy) is 2. The van der Waals surface area contributed by atoms with Crippen LogP contribution in [-0.4, -0.2) is 38.2 Å². The van der Waals surface area contributed by atoms with E-state index in [2.05, 4.69) is 10.6 Å². The van der Waals surface area contributed by atoms with Crippen LogP contribution in [0, 0.1) is 6.92 Å². The molecule has 6 heteroatoms. The van der Waals surface area contributed by atoms with Crippen molar-refractivity contribution in [3.8, 4) is 5.75 Å². The van der Waals surface area contributed by atoms with Crippen molar-refractivity contribution in [2.24, 2.45) is 0 Å². The number of benzene rings is 2. The van der Waals surface area contributed by atoms with Crippen LogP contribution in [0.5, 0.6) is 5.75 Å². The van der Waals surface area contributed by atoms with Crippen LogP contribution in [0.3, 0.4) is 0 Å². The Balaban J connectivity index is 1.55. The second-order valence-corrected chi connectivity index (χ2v) is 7.24. The fourth-order valence-electron chi connectivity index (χ4n) is 3.46. The standard InChI is InChI=1S/C23H28N2O4/c1-16-14-17(9-11-21(16)28-2)10-12-22(26)25-20-8-4-3-7-19(20)23(27)24-15-18-6-5-13-29-18/h3-4,7-9,11,14,18H,5-6,10,12-13,15H2,1-2H3,(H,24,27)(H,25,26)/t18-/m0/s1. The van der Waals surface area contributed by atoms with E-state index in [0.717, 1.165) is 36.3 Å². The summed E-state index contributed by atoms with van der Waals surface area (Å²) < 4.78 is 10.8. The van der Waals surface area contributed by atoms with Gasteiger partial charge in [-0.3, -0.25) is 9.59 Å². The van der Waals surface area contributed by atoms with Gasteiger partial charge in [0.05, 0.1) is 24.5 Å². The minimum Gasteiger partial charge on any atom is -0.496 e. The Morgan fingerprint density at radius 1 is 1.21 bits per heavy atom. The predicted octanol–water partition coefficient (Wildman–Crippen LogP) is 3.48. The van der Waals surface area contributed by atoms with Gasteiger partial charge in [0, 0.05) is 19.6 Å². The van der Waals surface area contributed by atoms with Crippen LogP contribution in [-0.2, 0) is 16.0 Å². The molecule has 0 saturated carbocycles. The minimum absolute atomic E-state index is 0.0775. The molecule has 1 aliphatic heterocycles. The molecule has 2 aromatic rings. The van der Waals surface area contributed by atoms with E-state index in [-0.39, 0.29) is 17.9 Å². The molecule has 1 fully saturated rings. The third-order valence-electron chi connectivity index (χ3n) is 5.06. The van der Waals surface area contributed by atoms with Crippen LogP contribution in [0.4, 0.5) is 5.69 Å². The summed E-state index contributed by atoms with van der Waals surface area (Å²) in [6.07, 6.45) is 3.01. The first-order chi connectivity index (χ1) is 14.1. The lowest BCUT2D eigenvalue weighted by molar-refractivity contribution is -0.116. The number of para-hydroxylation sites is 1. The highest BCUT2D eigenvalue weighted by Crippen LogP contribution is 2.20. The van der Waals surface area contributed by atoms with Gasteiger partial charge in [-0.25, -0.2) is 0 Å². The number of methoxy groups -OCH3 is 1. The Labute approximate surface area is 171 Å². The van der Waals surface area contributed by atoms with E-state index in [4.69, 9.17) is 9.47 Å². The molecule has 0 aliphatic carbocycles. The first-order valence-electron chi connectivity index (χ1n) is 9.99. The summed E-state index contributed by atoms with van der Waals surface area (Å²) in [5.74, 6) is 0.501. The molecule has 2 amide bonds. The fraction of sp³-hybridized carbons (Fsp3) is 0.391. The molecule has 0 aromatic heterocycles. The molecular weight excluding hydrogens is 368 g/mol. The van der Waals surface area contributed by atoms with Gasteiger partial charge in [-0.1, -0.05) is 24.3 Å². The summed E-state index contributed by atoms with van der Waals surface area (Å²) in [4.78, 5) is 25.0. The normalized spacial score (nSPS) is 15.7. The molecule has 29 heavy (non-hydrogen) atoms. The molecule has 3 rings (SSSR count). The first-order valence-corrected chi connectivity index (χ1v) is 9.99. The van der Waals surface area contributed by atoms with Gasteiger partial charge in [0.2, 0.25) is 5.91 Å². The van der Waals surface area contributed by atoms with Crippen molar-refractivity contribution in [3.05, 3.63) is 59.2 Å². The number of carbonyl (C=O) groups is 2. The van der Waals surface area contributed by atoms with Crippen LogP contribution in [0.25, 0.3) is 0 Å². The van der Waals surface area contributed by atoms with E-state index in [0.29, 0.717) is 30.6 Å². The predicted molar refractivity (Wildman–Crippen MR) is 112 cm³/mol. The van der Waals surface area contributed by atoms with Crippen molar-refractivity contribution in [2.75, 3.05) is 25.6 Å². The highest BCUT2D eigenvalue weighted by atomic mass is 16.5. The van der Waals surface area contributed by atoms with Crippen LogP contribution in [0.15, 0.2) is 42.5 Å². The summed E-state index contributed by atoms with van der Waals surface area (Å²) in [7, 11) is 1.64. The molecule has 0 unspecified atom stereocenters. The molecule has 1 saturated heterocycles. The zero-order valence-electron chi connectivity index (χ0n) is 17.0. The molecule has 1 atom stereocenters. The monoisotopic (exact) mass is 396 g/mol. The second-order valence-electron chi connectivity index (χ2n) is 7.24. The van der Waals surface area contributed by atoms with E-state index in [1.807, 2.05) is 25.1 Å². The maximum Gasteiger partial charge on any atom is 0.253 e. The average Bonchev–Trinajstić information content (AvgIpc) is 3.25. The number of aryl methyl sites for hydroxylation is 2. The van der Waals surface area contributed by atoms with E-state index >= 15 is 0 Å². The SMILES string of the molecule is COc1ccc(CCC(=O)Nc2ccccc2C(=O)NC[C@@H]2CCCO2)cc1C. The average molecular weight is 396 g/mol. The summed E-state index contributed by atoms with van der Waals surface area (Å²) in [5.41, 5.74) is 3.09. The lowest BCUT2D eigenvalue weighted by Crippen LogP contribution is -2.32. The molecule has 1 heterocycles. The number of carbonyl (C=O) groups excluding carboxylic acids is 2. The second kappa shape index (κ2) is 10.1. The van der Waals surface area contributed by atoms with Gasteiger partial charge in [0.1, 0.15) is 5.75 Å². The van der Waals surface area contributed by atoms with Crippen molar-refractivity contribution in [1.82, 2.24) is 5.32 Å². The molecule has 0 bridgehead atoms. The minimum atomic E-state index is -0.206. The highest BCUT2D eigenvalue weighted by Gasteiger charge is 2.18. The van der Waals surface area contributed by atoms with Crippen molar-refractivity contribution in [3.63, 3.8) is 0 Å². The summed E-state index contributed by atoms with van der Waals surface area (Å²) in [6.45, 7) is 3.21. The molecule has 6 nitrogen and oxygen atoms in total. The van der Waals surface area contributed by atoms with Gasteiger partial charge < -0.3 is 20.1 Å². The summed E-state index contributed by atoms with van der Waals surface area (Å²) in [5, 5.41) is 5.77. The van der Waals surface area contributed by atoms with Crippen LogP contribution < -0.4 is 15.4 Å². The number of hydrogen-bond donors (Lipinski definition) is 2. The number of hydrogen-bond acceptors (Lipinski definition) is 4. The van der Waals surface area contributed by atoms with Gasteiger partial charge in [-0.05, 0) is 55.5 Å². The summed E-state index contributed by atoms with van der Waals surface area (Å²) in [6, 6.07) is 13.0.